The maximum atomic E-state index is 14.3. The standard InChI is InChI=1S/C29H31FN2O3S/c1-4-15-31(29(34)23-7-5-6-8-25(23)30)18-28(33)32-16-13-27-24(14-17-36-27)26(32)19-35-22-11-9-21(10-12-22)20(2)3/h4-12,14,17,20,26H,1,13,15-16,18-19H2,2-3H3. The Kier molecular flexibility index (Phi) is 8.21. The number of rotatable bonds is 9. The Hall–Kier alpha value is -3.45. The lowest BCUT2D eigenvalue weighted by atomic mass is 10.00. The lowest BCUT2D eigenvalue weighted by Crippen LogP contribution is -2.48. The van der Waals surface area contributed by atoms with E-state index in [4.69, 9.17) is 4.74 Å². The van der Waals surface area contributed by atoms with Crippen LogP contribution < -0.4 is 4.74 Å². The van der Waals surface area contributed by atoms with E-state index in [-0.39, 0.29) is 30.6 Å². The van der Waals surface area contributed by atoms with Crippen LogP contribution >= 0.6 is 11.3 Å². The fourth-order valence-corrected chi connectivity index (χ4v) is 5.36. The van der Waals surface area contributed by atoms with E-state index in [9.17, 15) is 14.0 Å². The van der Waals surface area contributed by atoms with E-state index >= 15 is 0 Å². The Bertz CT molecular complexity index is 1220. The fraction of sp³-hybridized carbons (Fsp3) is 0.310. The summed E-state index contributed by atoms with van der Waals surface area (Å²) in [6, 6.07) is 15.6. The van der Waals surface area contributed by atoms with Crippen LogP contribution in [0.25, 0.3) is 0 Å². The predicted octanol–water partition coefficient (Wildman–Crippen LogP) is 5.84. The zero-order chi connectivity index (χ0) is 25.7. The Labute approximate surface area is 215 Å². The molecule has 0 bridgehead atoms. The van der Waals surface area contributed by atoms with Crippen LogP contribution in [-0.4, -0.2) is 47.9 Å². The molecule has 2 heterocycles. The monoisotopic (exact) mass is 506 g/mol. The molecular formula is C29H31FN2O3S. The molecule has 7 heteroatoms. The maximum absolute atomic E-state index is 14.3. The number of nitrogens with zero attached hydrogens (tertiary/aromatic N) is 2. The summed E-state index contributed by atoms with van der Waals surface area (Å²) in [5, 5.41) is 2.04. The second kappa shape index (κ2) is 11.5. The lowest BCUT2D eigenvalue weighted by Gasteiger charge is -2.37. The molecule has 5 nitrogen and oxygen atoms in total. The van der Waals surface area contributed by atoms with Gasteiger partial charge in [-0.05, 0) is 59.2 Å². The molecule has 0 saturated heterocycles. The molecule has 1 atom stereocenters. The van der Waals surface area contributed by atoms with Crippen LogP contribution in [0.3, 0.4) is 0 Å². The third kappa shape index (κ3) is 5.68. The van der Waals surface area contributed by atoms with Crippen LogP contribution in [0, 0.1) is 5.82 Å². The normalized spacial score (nSPS) is 14.9. The fourth-order valence-electron chi connectivity index (χ4n) is 4.43. The summed E-state index contributed by atoms with van der Waals surface area (Å²) in [7, 11) is 0. The predicted molar refractivity (Wildman–Crippen MR) is 141 cm³/mol. The molecule has 4 rings (SSSR count). The summed E-state index contributed by atoms with van der Waals surface area (Å²) < 4.78 is 20.4. The van der Waals surface area contributed by atoms with Crippen LogP contribution in [0.5, 0.6) is 5.75 Å². The van der Waals surface area contributed by atoms with Gasteiger partial charge in [-0.25, -0.2) is 4.39 Å². The summed E-state index contributed by atoms with van der Waals surface area (Å²) in [6.45, 7) is 8.80. The first-order valence-electron chi connectivity index (χ1n) is 12.1. The molecule has 36 heavy (non-hydrogen) atoms. The van der Waals surface area contributed by atoms with Crippen LogP contribution in [0.4, 0.5) is 4.39 Å². The van der Waals surface area contributed by atoms with E-state index in [1.165, 1.54) is 33.5 Å². The van der Waals surface area contributed by atoms with Crippen molar-refractivity contribution in [2.24, 2.45) is 0 Å². The summed E-state index contributed by atoms with van der Waals surface area (Å²) >= 11 is 1.68. The molecule has 2 amide bonds. The van der Waals surface area contributed by atoms with Gasteiger partial charge in [-0.1, -0.05) is 44.2 Å². The van der Waals surface area contributed by atoms with Crippen molar-refractivity contribution in [1.82, 2.24) is 9.80 Å². The zero-order valence-electron chi connectivity index (χ0n) is 20.7. The van der Waals surface area contributed by atoms with Gasteiger partial charge in [0.25, 0.3) is 5.91 Å². The smallest absolute Gasteiger partial charge is 0.257 e. The van der Waals surface area contributed by atoms with Gasteiger partial charge in [0.2, 0.25) is 5.91 Å². The first-order chi connectivity index (χ1) is 17.4. The van der Waals surface area contributed by atoms with Crippen LogP contribution in [0.15, 0.2) is 72.6 Å². The second-order valence-corrected chi connectivity index (χ2v) is 10.1. The maximum Gasteiger partial charge on any atom is 0.257 e. The van der Waals surface area contributed by atoms with Gasteiger partial charge in [-0.3, -0.25) is 9.59 Å². The molecule has 1 aliphatic rings. The minimum atomic E-state index is -0.611. The van der Waals surface area contributed by atoms with E-state index in [1.807, 2.05) is 23.6 Å². The van der Waals surface area contributed by atoms with Crippen molar-refractivity contribution in [2.75, 3.05) is 26.2 Å². The average molecular weight is 507 g/mol. The summed E-state index contributed by atoms with van der Waals surface area (Å²) in [6.07, 6.45) is 2.29. The molecule has 3 aromatic rings. The quantitative estimate of drug-likeness (QED) is 0.343. The van der Waals surface area contributed by atoms with Crippen molar-refractivity contribution in [3.63, 3.8) is 0 Å². The Morgan fingerprint density at radius 1 is 1.19 bits per heavy atom. The van der Waals surface area contributed by atoms with Crippen molar-refractivity contribution in [2.45, 2.75) is 32.2 Å². The number of fused-ring (bicyclic) bond motifs is 1. The summed E-state index contributed by atoms with van der Waals surface area (Å²) in [5.41, 5.74) is 2.25. The third-order valence-corrected chi connectivity index (χ3v) is 7.43. The average Bonchev–Trinajstić information content (AvgIpc) is 3.36. The zero-order valence-corrected chi connectivity index (χ0v) is 21.5. The van der Waals surface area contributed by atoms with Crippen LogP contribution in [0.1, 0.15) is 52.2 Å². The van der Waals surface area contributed by atoms with Gasteiger partial charge in [0, 0.05) is 18.0 Å². The second-order valence-electron chi connectivity index (χ2n) is 9.14. The molecule has 188 valence electrons. The van der Waals surface area contributed by atoms with Crippen LogP contribution in [-0.2, 0) is 11.2 Å². The van der Waals surface area contributed by atoms with Gasteiger partial charge in [-0.15, -0.1) is 17.9 Å². The topological polar surface area (TPSA) is 49.9 Å². The van der Waals surface area contributed by atoms with Gasteiger partial charge >= 0.3 is 0 Å². The molecule has 2 aromatic carbocycles. The molecule has 0 N–H and O–H groups in total. The van der Waals surface area contributed by atoms with Crippen molar-refractivity contribution < 1.29 is 18.7 Å². The summed E-state index contributed by atoms with van der Waals surface area (Å²) in [5.74, 6) is -0.170. The number of carbonyl (C=O) groups excluding carboxylic acids is 2. The molecule has 1 aliphatic heterocycles. The van der Waals surface area contributed by atoms with E-state index in [1.54, 1.807) is 28.4 Å². The first kappa shape index (κ1) is 25.6. The number of hydrogen-bond acceptors (Lipinski definition) is 4. The highest BCUT2D eigenvalue weighted by Crippen LogP contribution is 2.34. The highest BCUT2D eigenvalue weighted by Gasteiger charge is 2.33. The van der Waals surface area contributed by atoms with Crippen molar-refractivity contribution in [3.05, 3.63) is 100 Å². The van der Waals surface area contributed by atoms with Crippen molar-refractivity contribution in [1.29, 1.82) is 0 Å². The molecule has 1 unspecified atom stereocenters. The minimum Gasteiger partial charge on any atom is -0.491 e. The SMILES string of the molecule is C=CCN(CC(=O)N1CCc2sccc2C1COc1ccc(C(C)C)cc1)C(=O)c1ccccc1F. The van der Waals surface area contributed by atoms with Crippen LogP contribution in [0.2, 0.25) is 0 Å². The summed E-state index contributed by atoms with van der Waals surface area (Å²) in [4.78, 5) is 30.9. The van der Waals surface area contributed by atoms with E-state index < -0.39 is 11.7 Å². The largest absolute Gasteiger partial charge is 0.491 e. The van der Waals surface area contributed by atoms with Crippen molar-refractivity contribution >= 4 is 23.2 Å². The molecular weight excluding hydrogens is 475 g/mol. The number of halogens is 1. The number of benzene rings is 2. The number of amides is 2. The first-order valence-corrected chi connectivity index (χ1v) is 13.0. The number of carbonyl (C=O) groups is 2. The van der Waals surface area contributed by atoms with Gasteiger partial charge in [0.05, 0.1) is 11.6 Å². The van der Waals surface area contributed by atoms with E-state index in [0.29, 0.717) is 19.1 Å². The lowest BCUT2D eigenvalue weighted by molar-refractivity contribution is -0.135. The molecule has 0 radical (unpaired) electrons. The highest BCUT2D eigenvalue weighted by atomic mass is 32.1. The van der Waals surface area contributed by atoms with Gasteiger partial charge in [0.15, 0.2) is 0 Å². The molecule has 0 aliphatic carbocycles. The van der Waals surface area contributed by atoms with E-state index in [0.717, 1.165) is 17.7 Å². The molecule has 0 saturated carbocycles. The Morgan fingerprint density at radius 3 is 2.64 bits per heavy atom. The minimum absolute atomic E-state index is 0.0596. The Morgan fingerprint density at radius 2 is 1.94 bits per heavy atom. The molecule has 1 aromatic heterocycles. The number of ether oxygens (including phenoxy) is 1. The highest BCUT2D eigenvalue weighted by molar-refractivity contribution is 7.10. The molecule has 0 fully saturated rings. The number of hydrogen-bond donors (Lipinski definition) is 0. The van der Waals surface area contributed by atoms with Crippen molar-refractivity contribution in [3.8, 4) is 5.75 Å². The number of thiophene rings is 1. The Balaban J connectivity index is 1.51. The van der Waals surface area contributed by atoms with E-state index in [2.05, 4.69) is 32.6 Å². The van der Waals surface area contributed by atoms with Gasteiger partial charge in [0.1, 0.15) is 24.7 Å². The van der Waals surface area contributed by atoms with Gasteiger partial charge in [-0.2, -0.15) is 0 Å². The van der Waals surface area contributed by atoms with Gasteiger partial charge < -0.3 is 14.5 Å². The molecule has 0 spiro atoms. The third-order valence-electron chi connectivity index (χ3n) is 6.44.